The third-order valence-corrected chi connectivity index (χ3v) is 4.12. The average Bonchev–Trinajstić information content (AvgIpc) is 2.83. The minimum atomic E-state index is -0.183. The summed E-state index contributed by atoms with van der Waals surface area (Å²) in [5.41, 5.74) is 1.03. The zero-order valence-corrected chi connectivity index (χ0v) is 13.5. The number of thiazole rings is 1. The molecule has 0 bridgehead atoms. The number of aromatic amines is 1. The highest BCUT2D eigenvalue weighted by molar-refractivity contribution is 7.07. The molecule has 0 radical (unpaired) electrons. The van der Waals surface area contributed by atoms with E-state index in [9.17, 15) is 9.59 Å². The third kappa shape index (κ3) is 4.43. The first-order valence-corrected chi connectivity index (χ1v) is 8.00. The number of ether oxygens (including phenoxy) is 1. The Morgan fingerprint density at radius 1 is 1.32 bits per heavy atom. The van der Waals surface area contributed by atoms with Gasteiger partial charge in [-0.1, -0.05) is 18.2 Å². The van der Waals surface area contributed by atoms with Crippen molar-refractivity contribution >= 4 is 29.3 Å². The summed E-state index contributed by atoms with van der Waals surface area (Å²) >= 11 is 1.26. The van der Waals surface area contributed by atoms with Gasteiger partial charge in [-0.15, -0.1) is 11.3 Å². The van der Waals surface area contributed by atoms with Gasteiger partial charge >= 0.3 is 0 Å². The molecule has 1 fully saturated rings. The molecule has 1 aromatic rings. The van der Waals surface area contributed by atoms with E-state index in [0.717, 1.165) is 25.2 Å². The van der Waals surface area contributed by atoms with E-state index in [2.05, 4.69) is 11.1 Å². The number of hydrogen-bond donors (Lipinski definition) is 1. The van der Waals surface area contributed by atoms with Crippen LogP contribution in [0, 0.1) is 0 Å². The lowest BCUT2D eigenvalue weighted by atomic mass is 10.1. The van der Waals surface area contributed by atoms with Crippen LogP contribution in [-0.4, -0.2) is 17.4 Å². The van der Waals surface area contributed by atoms with Crippen molar-refractivity contribution in [3.8, 4) is 0 Å². The van der Waals surface area contributed by atoms with E-state index in [1.54, 1.807) is 12.2 Å². The van der Waals surface area contributed by atoms with Crippen molar-refractivity contribution < 1.29 is 9.53 Å². The maximum absolute atomic E-state index is 11.7. The summed E-state index contributed by atoms with van der Waals surface area (Å²) < 4.78 is 6.76. The van der Waals surface area contributed by atoms with E-state index in [1.165, 1.54) is 29.9 Å². The van der Waals surface area contributed by atoms with Crippen molar-refractivity contribution in [3.05, 3.63) is 55.2 Å². The first-order valence-electron chi connectivity index (χ1n) is 7.18. The number of carbonyl (C=O) groups excluding carboxylic acids is 1. The van der Waals surface area contributed by atoms with E-state index in [0.29, 0.717) is 9.20 Å². The highest BCUT2D eigenvalue weighted by Crippen LogP contribution is 2.22. The Labute approximate surface area is 132 Å². The molecule has 0 unspecified atom stereocenters. The van der Waals surface area contributed by atoms with Gasteiger partial charge in [0.15, 0.2) is 5.78 Å². The summed E-state index contributed by atoms with van der Waals surface area (Å²) in [4.78, 5) is 25.4. The molecule has 1 N–H and O–H groups in total. The highest BCUT2D eigenvalue weighted by Gasteiger charge is 2.10. The number of carbonyl (C=O) groups is 1. The van der Waals surface area contributed by atoms with Crippen molar-refractivity contribution in [3.63, 3.8) is 0 Å². The molecule has 2 heterocycles. The van der Waals surface area contributed by atoms with Gasteiger partial charge in [0.25, 0.3) is 5.56 Å². The molecule has 22 heavy (non-hydrogen) atoms. The molecule has 0 saturated carbocycles. The number of hydrogen-bond acceptors (Lipinski definition) is 4. The predicted molar refractivity (Wildman–Crippen MR) is 90.0 cm³/mol. The molecule has 1 aromatic heterocycles. The Balaban J connectivity index is 2.20. The van der Waals surface area contributed by atoms with Gasteiger partial charge in [0.2, 0.25) is 0 Å². The van der Waals surface area contributed by atoms with Crippen LogP contribution in [0.3, 0.4) is 0 Å². The number of aromatic nitrogens is 1. The molecule has 1 aliphatic heterocycles. The van der Waals surface area contributed by atoms with Gasteiger partial charge in [0.05, 0.1) is 15.8 Å². The largest absolute Gasteiger partial charge is 0.493 e. The maximum atomic E-state index is 11.7. The number of ketones is 1. The van der Waals surface area contributed by atoms with Crippen LogP contribution in [-0.2, 0) is 9.53 Å². The number of H-pyrrole nitrogens is 1. The van der Waals surface area contributed by atoms with Gasteiger partial charge in [-0.2, -0.15) is 0 Å². The van der Waals surface area contributed by atoms with E-state index in [-0.39, 0.29) is 11.3 Å². The summed E-state index contributed by atoms with van der Waals surface area (Å²) in [5.74, 6) is 0.807. The first-order chi connectivity index (χ1) is 10.6. The molecule has 2 rings (SSSR count). The quantitative estimate of drug-likeness (QED) is 0.924. The molecular formula is C17H19NO3S. The Hall–Kier alpha value is -2.14. The molecular weight excluding hydrogens is 298 g/mol. The molecule has 1 saturated heterocycles. The van der Waals surface area contributed by atoms with Gasteiger partial charge in [0.1, 0.15) is 5.76 Å². The number of rotatable bonds is 3. The fraction of sp³-hybridized carbons (Fsp3) is 0.294. The summed E-state index contributed by atoms with van der Waals surface area (Å²) in [6.45, 7) is 4.21. The summed E-state index contributed by atoms with van der Waals surface area (Å²) in [6.07, 6.45) is 12.9. The third-order valence-electron chi connectivity index (χ3n) is 3.13. The molecule has 0 atom stereocenters. The SMILES string of the molecule is C/C=C1/CCCO/C1=C/C=C/C=c1\s/c(=C/C(C)=O)[nH]c1=O. The van der Waals surface area contributed by atoms with E-state index in [4.69, 9.17) is 4.74 Å². The topological polar surface area (TPSA) is 59.2 Å². The Bertz CT molecular complexity index is 806. The summed E-state index contributed by atoms with van der Waals surface area (Å²) in [5, 5.41) is 0. The monoisotopic (exact) mass is 317 g/mol. The smallest absolute Gasteiger partial charge is 0.266 e. The van der Waals surface area contributed by atoms with E-state index in [1.807, 2.05) is 19.1 Å². The van der Waals surface area contributed by atoms with Crippen LogP contribution >= 0.6 is 11.3 Å². The summed E-state index contributed by atoms with van der Waals surface area (Å²) in [7, 11) is 0. The van der Waals surface area contributed by atoms with Crippen molar-refractivity contribution in [2.24, 2.45) is 0 Å². The van der Waals surface area contributed by atoms with Crippen LogP contribution in [0.2, 0.25) is 0 Å². The van der Waals surface area contributed by atoms with Crippen molar-refractivity contribution in [1.29, 1.82) is 0 Å². The van der Waals surface area contributed by atoms with Gasteiger partial charge in [-0.05, 0) is 44.4 Å². The molecule has 116 valence electrons. The van der Waals surface area contributed by atoms with Crippen LogP contribution < -0.4 is 14.8 Å². The maximum Gasteiger partial charge on any atom is 0.266 e. The molecule has 0 spiro atoms. The molecule has 0 aromatic carbocycles. The molecule has 5 heteroatoms. The van der Waals surface area contributed by atoms with E-state index < -0.39 is 0 Å². The van der Waals surface area contributed by atoms with Crippen LogP contribution in [0.15, 0.2) is 40.4 Å². The average molecular weight is 317 g/mol. The van der Waals surface area contributed by atoms with Crippen molar-refractivity contribution in [2.75, 3.05) is 6.61 Å². The molecule has 4 nitrogen and oxygen atoms in total. The van der Waals surface area contributed by atoms with Crippen LogP contribution in [0.4, 0.5) is 0 Å². The normalized spacial score (nSPS) is 21.0. The van der Waals surface area contributed by atoms with Gasteiger partial charge in [0, 0.05) is 6.08 Å². The zero-order chi connectivity index (χ0) is 15.9. The van der Waals surface area contributed by atoms with Crippen LogP contribution in [0.1, 0.15) is 26.7 Å². The predicted octanol–water partition coefficient (Wildman–Crippen LogP) is 1.78. The number of allylic oxidation sites excluding steroid dienone is 5. The van der Waals surface area contributed by atoms with Crippen LogP contribution in [0.5, 0.6) is 0 Å². The summed E-state index contributed by atoms with van der Waals surface area (Å²) in [6, 6.07) is 0. The fourth-order valence-corrected chi connectivity index (χ4v) is 3.01. The standard InChI is InChI=1S/C17H19NO3S/c1-3-13-7-6-10-21-14(13)8-4-5-9-15-17(20)18-16(22-15)11-12(2)19/h3-5,8-9,11H,6-7,10H2,1-2H3,(H,18,20)/b5-4+,13-3-,14-8+,15-9-,16-11+. The number of nitrogens with one attached hydrogen (secondary N) is 1. The zero-order valence-electron chi connectivity index (χ0n) is 12.7. The van der Waals surface area contributed by atoms with Gasteiger partial charge < -0.3 is 9.72 Å². The molecule has 0 aliphatic carbocycles. The van der Waals surface area contributed by atoms with Gasteiger partial charge in [-0.3, -0.25) is 9.59 Å². The lowest BCUT2D eigenvalue weighted by Crippen LogP contribution is -2.19. The first kappa shape index (κ1) is 16.2. The second-order valence-corrected chi connectivity index (χ2v) is 5.97. The molecule has 1 aliphatic rings. The fourth-order valence-electron chi connectivity index (χ4n) is 2.11. The Kier molecular flexibility index (Phi) is 5.72. The minimum Gasteiger partial charge on any atom is -0.493 e. The lowest BCUT2D eigenvalue weighted by molar-refractivity contribution is -0.111. The second kappa shape index (κ2) is 7.75. The Morgan fingerprint density at radius 3 is 2.82 bits per heavy atom. The minimum absolute atomic E-state index is 0.0855. The van der Waals surface area contributed by atoms with Crippen molar-refractivity contribution in [2.45, 2.75) is 26.7 Å². The van der Waals surface area contributed by atoms with Gasteiger partial charge in [-0.25, -0.2) is 0 Å². The highest BCUT2D eigenvalue weighted by atomic mass is 32.1. The molecule has 0 amide bonds. The van der Waals surface area contributed by atoms with E-state index >= 15 is 0 Å². The number of Topliss-reactive ketones (excluding diaryl/α,β-unsaturated/α-hetero) is 1. The van der Waals surface area contributed by atoms with Crippen molar-refractivity contribution in [1.82, 2.24) is 4.98 Å². The van der Waals surface area contributed by atoms with Crippen LogP contribution in [0.25, 0.3) is 12.2 Å². The lowest BCUT2D eigenvalue weighted by Gasteiger charge is -2.18. The Morgan fingerprint density at radius 2 is 2.09 bits per heavy atom. The second-order valence-electron chi connectivity index (χ2n) is 4.89.